The monoisotopic (exact) mass is 504 g/mol. The molecule has 2 N–H and O–H groups in total. The number of fused-ring (bicyclic) bond motifs is 1. The summed E-state index contributed by atoms with van der Waals surface area (Å²) >= 11 is 0. The van der Waals surface area contributed by atoms with Crippen molar-refractivity contribution in [3.8, 4) is 0 Å². The number of nitrogens with one attached hydrogen (secondary N) is 2. The van der Waals surface area contributed by atoms with E-state index in [1.54, 1.807) is 0 Å². The van der Waals surface area contributed by atoms with E-state index in [0.717, 1.165) is 34.0 Å². The molecule has 0 spiro atoms. The number of anilines is 3. The topological polar surface area (TPSA) is 39.7 Å². The molecule has 2 heterocycles. The van der Waals surface area contributed by atoms with Crippen molar-refractivity contribution >= 4 is 28.6 Å². The van der Waals surface area contributed by atoms with Crippen LogP contribution in [0.1, 0.15) is 34.5 Å². The molecule has 5 aromatic rings. The summed E-state index contributed by atoms with van der Waals surface area (Å²) < 4.78 is 0. The average molecular weight is 505 g/mol. The average Bonchev–Trinajstić information content (AvgIpc) is 3.42. The Morgan fingerprint density at radius 1 is 0.564 bits per heavy atom. The fourth-order valence-electron chi connectivity index (χ4n) is 5.42. The maximum Gasteiger partial charge on any atom is 0.134 e. The van der Waals surface area contributed by atoms with Gasteiger partial charge in [0.05, 0.1) is 23.1 Å². The minimum Gasteiger partial charge on any atom is -0.359 e. The van der Waals surface area contributed by atoms with E-state index in [1.807, 2.05) is 6.07 Å². The lowest BCUT2D eigenvalue weighted by Crippen LogP contribution is -2.31. The van der Waals surface area contributed by atoms with Crippen LogP contribution < -0.4 is 15.5 Å². The van der Waals surface area contributed by atoms with Crippen LogP contribution in [0.4, 0.5) is 17.1 Å². The fraction of sp³-hybridized carbons (Fsp3) is 0.0571. The Morgan fingerprint density at radius 2 is 1.21 bits per heavy atom. The highest BCUT2D eigenvalue weighted by atomic mass is 15.3. The van der Waals surface area contributed by atoms with Gasteiger partial charge in [-0.3, -0.25) is 0 Å². The highest BCUT2D eigenvalue weighted by Gasteiger charge is 2.31. The van der Waals surface area contributed by atoms with Gasteiger partial charge >= 0.3 is 0 Å². The zero-order valence-electron chi connectivity index (χ0n) is 21.4. The highest BCUT2D eigenvalue weighted by molar-refractivity contribution is 6.03. The minimum atomic E-state index is -0.0389. The Kier molecular flexibility index (Phi) is 5.91. The van der Waals surface area contributed by atoms with E-state index in [9.17, 15) is 0 Å². The molecule has 4 nitrogen and oxygen atoms in total. The number of benzene rings is 5. The number of nitrogens with zero attached hydrogens (tertiary/aromatic N) is 2. The van der Waals surface area contributed by atoms with Gasteiger partial charge in [0.1, 0.15) is 12.0 Å². The van der Waals surface area contributed by atoms with Gasteiger partial charge in [0.2, 0.25) is 0 Å². The Morgan fingerprint density at radius 3 is 2.00 bits per heavy atom. The number of hydrogen-bond acceptors (Lipinski definition) is 4. The summed E-state index contributed by atoms with van der Waals surface area (Å²) in [6.45, 7) is 0. The van der Waals surface area contributed by atoms with Crippen molar-refractivity contribution in [1.29, 1.82) is 0 Å². The van der Waals surface area contributed by atoms with Crippen LogP contribution in [0, 0.1) is 0 Å². The SMILES string of the molecule is C1=C(c2ccccc2)N=C(c2cccc(C3Nc4ccccc4N3c3ccccc3)c2)NC1c1ccccc1. The van der Waals surface area contributed by atoms with Gasteiger partial charge in [-0.15, -0.1) is 0 Å². The predicted octanol–water partition coefficient (Wildman–Crippen LogP) is 8.08. The molecule has 2 aliphatic rings. The van der Waals surface area contributed by atoms with Crippen molar-refractivity contribution in [2.24, 2.45) is 4.99 Å². The lowest BCUT2D eigenvalue weighted by molar-refractivity contribution is 0.779. The van der Waals surface area contributed by atoms with Crippen LogP contribution in [0.25, 0.3) is 5.70 Å². The molecule has 2 atom stereocenters. The lowest BCUT2D eigenvalue weighted by Gasteiger charge is -2.28. The molecule has 188 valence electrons. The highest BCUT2D eigenvalue weighted by Crippen LogP contribution is 2.45. The maximum atomic E-state index is 5.12. The van der Waals surface area contributed by atoms with Crippen LogP contribution in [0.5, 0.6) is 0 Å². The Balaban J connectivity index is 1.29. The normalized spacial score (nSPS) is 17.9. The van der Waals surface area contributed by atoms with Crippen LogP contribution in [0.2, 0.25) is 0 Å². The summed E-state index contributed by atoms with van der Waals surface area (Å²) in [7, 11) is 0. The summed E-state index contributed by atoms with van der Waals surface area (Å²) in [6, 6.07) is 48.7. The standard InChI is InChI=1S/C35H28N4/c1-4-13-25(14-5-1)31-24-32(26-15-6-2-7-16-26)37-34(36-31)27-17-12-18-28(23-27)35-38-30-21-10-11-22-33(30)39(35)29-19-8-3-9-20-29/h1-24,31,35,38H,(H,36,37). The van der Waals surface area contributed by atoms with Gasteiger partial charge in [-0.2, -0.15) is 0 Å². The summed E-state index contributed by atoms with van der Waals surface area (Å²) in [5.41, 5.74) is 8.96. The Labute approximate surface area is 229 Å². The summed E-state index contributed by atoms with van der Waals surface area (Å²) in [5.74, 6) is 0.869. The second kappa shape index (κ2) is 9.99. The zero-order valence-corrected chi connectivity index (χ0v) is 21.4. The summed E-state index contributed by atoms with van der Waals surface area (Å²) in [4.78, 5) is 7.48. The molecule has 4 heteroatoms. The third kappa shape index (κ3) is 4.47. The van der Waals surface area contributed by atoms with Gasteiger partial charge in [-0.25, -0.2) is 4.99 Å². The van der Waals surface area contributed by atoms with Gasteiger partial charge in [0.15, 0.2) is 0 Å². The summed E-state index contributed by atoms with van der Waals surface area (Å²) in [5, 5.41) is 7.46. The van der Waals surface area contributed by atoms with Crippen LogP contribution in [-0.2, 0) is 0 Å². The van der Waals surface area contributed by atoms with Crippen molar-refractivity contribution in [3.63, 3.8) is 0 Å². The van der Waals surface area contributed by atoms with E-state index < -0.39 is 0 Å². The smallest absolute Gasteiger partial charge is 0.134 e. The molecule has 39 heavy (non-hydrogen) atoms. The molecule has 2 aliphatic heterocycles. The third-order valence-corrected chi connectivity index (χ3v) is 7.30. The first-order valence-corrected chi connectivity index (χ1v) is 13.3. The first kappa shape index (κ1) is 23.1. The van der Waals surface area contributed by atoms with Crippen molar-refractivity contribution in [3.05, 3.63) is 168 Å². The minimum absolute atomic E-state index is 0.0206. The number of para-hydroxylation sites is 3. The van der Waals surface area contributed by atoms with Gasteiger partial charge in [0, 0.05) is 11.3 Å². The van der Waals surface area contributed by atoms with Crippen molar-refractivity contribution < 1.29 is 0 Å². The number of hydrogen-bond donors (Lipinski definition) is 2. The van der Waals surface area contributed by atoms with Gasteiger partial charge in [0.25, 0.3) is 0 Å². The van der Waals surface area contributed by atoms with Crippen LogP contribution in [0.3, 0.4) is 0 Å². The van der Waals surface area contributed by atoms with Crippen molar-refractivity contribution in [2.75, 3.05) is 10.2 Å². The number of rotatable bonds is 5. The first-order valence-electron chi connectivity index (χ1n) is 13.3. The fourth-order valence-corrected chi connectivity index (χ4v) is 5.42. The number of amidine groups is 1. The molecule has 0 fully saturated rings. The van der Waals surface area contributed by atoms with Crippen LogP contribution in [0.15, 0.2) is 151 Å². The zero-order chi connectivity index (χ0) is 26.0. The molecule has 0 aliphatic carbocycles. The molecule has 0 saturated heterocycles. The first-order chi connectivity index (χ1) is 19.3. The van der Waals surface area contributed by atoms with E-state index in [4.69, 9.17) is 4.99 Å². The van der Waals surface area contributed by atoms with E-state index in [2.05, 4.69) is 155 Å². The molecular formula is C35H28N4. The van der Waals surface area contributed by atoms with Gasteiger partial charge in [-0.05, 0) is 53.1 Å². The lowest BCUT2D eigenvalue weighted by atomic mass is 9.99. The number of aliphatic imine (C=N–C) groups is 1. The Bertz CT molecular complexity index is 1660. The van der Waals surface area contributed by atoms with E-state index >= 15 is 0 Å². The summed E-state index contributed by atoms with van der Waals surface area (Å²) in [6.07, 6.45) is 2.17. The van der Waals surface area contributed by atoms with E-state index in [1.165, 1.54) is 16.8 Å². The second-order valence-electron chi connectivity index (χ2n) is 9.81. The van der Waals surface area contributed by atoms with Crippen molar-refractivity contribution in [2.45, 2.75) is 12.2 Å². The second-order valence-corrected chi connectivity index (χ2v) is 9.81. The van der Waals surface area contributed by atoms with Crippen LogP contribution >= 0.6 is 0 Å². The Hall–Kier alpha value is -5.09. The van der Waals surface area contributed by atoms with Crippen LogP contribution in [-0.4, -0.2) is 5.84 Å². The quantitative estimate of drug-likeness (QED) is 0.254. The van der Waals surface area contributed by atoms with Gasteiger partial charge in [-0.1, -0.05) is 109 Å². The van der Waals surface area contributed by atoms with E-state index in [-0.39, 0.29) is 12.2 Å². The maximum absolute atomic E-state index is 5.12. The molecule has 0 saturated carbocycles. The largest absolute Gasteiger partial charge is 0.359 e. The molecular weight excluding hydrogens is 476 g/mol. The molecule has 0 radical (unpaired) electrons. The van der Waals surface area contributed by atoms with Crippen molar-refractivity contribution in [1.82, 2.24) is 5.32 Å². The van der Waals surface area contributed by atoms with Gasteiger partial charge < -0.3 is 15.5 Å². The molecule has 5 aromatic carbocycles. The molecule has 0 amide bonds. The molecule has 0 aromatic heterocycles. The predicted molar refractivity (Wildman–Crippen MR) is 161 cm³/mol. The third-order valence-electron chi connectivity index (χ3n) is 7.30. The van der Waals surface area contributed by atoms with E-state index in [0.29, 0.717) is 0 Å². The molecule has 0 bridgehead atoms. The molecule has 7 rings (SSSR count). The molecule has 2 unspecified atom stereocenters.